The lowest BCUT2D eigenvalue weighted by atomic mass is 9.76. The number of carbonyl (C=O) groups is 2. The van der Waals surface area contributed by atoms with Crippen LogP contribution in [0.15, 0.2) is 46.6 Å². The Balaban J connectivity index is 1.98. The van der Waals surface area contributed by atoms with E-state index < -0.39 is 0 Å². The molecule has 4 heteroatoms. The van der Waals surface area contributed by atoms with E-state index in [9.17, 15) is 19.8 Å². The third-order valence-corrected chi connectivity index (χ3v) is 7.70. The number of allylic oxidation sites excluding steroid dienone is 8. The number of carbonyl (C=O) groups excluding carboxylic acids is 2. The maximum absolute atomic E-state index is 13.3. The summed E-state index contributed by atoms with van der Waals surface area (Å²) in [7, 11) is 0. The molecule has 0 saturated carbocycles. The summed E-state index contributed by atoms with van der Waals surface area (Å²) in [5, 5.41) is 19.1. The first-order valence-electron chi connectivity index (χ1n) is 14.2. The van der Waals surface area contributed by atoms with Crippen molar-refractivity contribution in [3.8, 4) is 0 Å². The molecule has 0 heterocycles. The van der Waals surface area contributed by atoms with Crippen LogP contribution in [0.3, 0.4) is 0 Å². The molecular formula is C33H52O4. The maximum atomic E-state index is 13.3. The zero-order valence-electron chi connectivity index (χ0n) is 24.8. The van der Waals surface area contributed by atoms with E-state index in [2.05, 4.69) is 79.7 Å². The van der Waals surface area contributed by atoms with Gasteiger partial charge in [0.25, 0.3) is 0 Å². The molecule has 2 rings (SSSR count). The Morgan fingerprint density at radius 1 is 0.568 bits per heavy atom. The lowest BCUT2D eigenvalue weighted by Crippen LogP contribution is -2.22. The van der Waals surface area contributed by atoms with Crippen LogP contribution in [0.4, 0.5) is 0 Å². The number of ketones is 2. The van der Waals surface area contributed by atoms with E-state index in [4.69, 9.17) is 0 Å². The summed E-state index contributed by atoms with van der Waals surface area (Å²) in [6.45, 7) is 17.1. The van der Waals surface area contributed by atoms with Crippen molar-refractivity contribution in [2.75, 3.05) is 13.2 Å². The summed E-state index contributed by atoms with van der Waals surface area (Å²) in [4.78, 5) is 26.5. The summed E-state index contributed by atoms with van der Waals surface area (Å²) in [6, 6.07) is 0. The first-order valence-corrected chi connectivity index (χ1v) is 14.2. The fourth-order valence-corrected chi connectivity index (χ4v) is 5.44. The minimum Gasteiger partial charge on any atom is -0.396 e. The molecule has 2 aliphatic rings. The Bertz CT molecular complexity index is 888. The molecular weight excluding hydrogens is 460 g/mol. The lowest BCUT2D eigenvalue weighted by Gasteiger charge is -2.28. The van der Waals surface area contributed by atoms with Crippen molar-refractivity contribution in [1.29, 1.82) is 0 Å². The van der Waals surface area contributed by atoms with Crippen LogP contribution in [0.1, 0.15) is 113 Å². The molecule has 0 bridgehead atoms. The fraction of sp³-hybridized carbons (Fsp3) is 0.697. The first kappa shape index (κ1) is 31.4. The second kappa shape index (κ2) is 12.4. The Morgan fingerprint density at radius 2 is 0.838 bits per heavy atom. The van der Waals surface area contributed by atoms with Crippen molar-refractivity contribution in [3.05, 3.63) is 46.6 Å². The maximum Gasteiger partial charge on any atom is 0.184 e. The highest BCUT2D eigenvalue weighted by Crippen LogP contribution is 2.37. The molecule has 2 aliphatic carbocycles. The molecule has 0 fully saturated rings. The average Bonchev–Trinajstić information content (AvgIpc) is 2.78. The Labute approximate surface area is 226 Å². The van der Waals surface area contributed by atoms with E-state index in [0.717, 1.165) is 67.2 Å². The summed E-state index contributed by atoms with van der Waals surface area (Å²) < 4.78 is 0. The van der Waals surface area contributed by atoms with E-state index in [1.165, 1.54) is 0 Å². The predicted octanol–water partition coefficient (Wildman–Crippen LogP) is 7.46. The van der Waals surface area contributed by atoms with Gasteiger partial charge >= 0.3 is 0 Å². The second-order valence-corrected chi connectivity index (χ2v) is 14.2. The van der Waals surface area contributed by atoms with Gasteiger partial charge in [-0.25, -0.2) is 0 Å². The second-order valence-electron chi connectivity index (χ2n) is 14.2. The van der Waals surface area contributed by atoms with Gasteiger partial charge in [-0.15, -0.1) is 0 Å². The van der Waals surface area contributed by atoms with Gasteiger partial charge in [-0.05, 0) is 90.9 Å². The first-order chi connectivity index (χ1) is 17.0. The minimum atomic E-state index is -0.161. The van der Waals surface area contributed by atoms with Crippen LogP contribution in [0.25, 0.3) is 0 Å². The molecule has 0 radical (unpaired) electrons. The van der Waals surface area contributed by atoms with Crippen molar-refractivity contribution >= 4 is 11.6 Å². The zero-order chi connectivity index (χ0) is 28.1. The summed E-state index contributed by atoms with van der Waals surface area (Å²) in [6.07, 6.45) is 15.6. The minimum absolute atomic E-state index is 0.122. The average molecular weight is 513 g/mol. The molecule has 0 aliphatic heterocycles. The molecule has 0 aromatic carbocycles. The molecule has 0 atom stereocenters. The van der Waals surface area contributed by atoms with E-state index in [-0.39, 0.29) is 46.4 Å². The lowest BCUT2D eigenvalue weighted by molar-refractivity contribution is -0.113. The van der Waals surface area contributed by atoms with Gasteiger partial charge in [-0.1, -0.05) is 79.7 Å². The molecule has 0 aromatic heterocycles. The number of hydrogen-bond donors (Lipinski definition) is 2. The van der Waals surface area contributed by atoms with E-state index in [1.807, 2.05) is 0 Å². The Morgan fingerprint density at radius 3 is 1.11 bits per heavy atom. The smallest absolute Gasteiger partial charge is 0.184 e. The van der Waals surface area contributed by atoms with Gasteiger partial charge < -0.3 is 10.2 Å². The van der Waals surface area contributed by atoms with Crippen LogP contribution < -0.4 is 0 Å². The van der Waals surface area contributed by atoms with Crippen LogP contribution >= 0.6 is 0 Å². The van der Waals surface area contributed by atoms with E-state index in [0.29, 0.717) is 12.8 Å². The predicted molar refractivity (Wildman–Crippen MR) is 153 cm³/mol. The summed E-state index contributed by atoms with van der Waals surface area (Å²) in [5.41, 5.74) is 2.95. The van der Waals surface area contributed by atoms with Crippen LogP contribution in [0.5, 0.6) is 0 Å². The molecule has 0 unspecified atom stereocenters. The number of hydrogen-bond acceptors (Lipinski definition) is 4. The zero-order valence-corrected chi connectivity index (χ0v) is 24.8. The highest BCUT2D eigenvalue weighted by Gasteiger charge is 2.29. The van der Waals surface area contributed by atoms with E-state index >= 15 is 0 Å². The number of aliphatic hydroxyl groups is 2. The fourth-order valence-electron chi connectivity index (χ4n) is 5.44. The van der Waals surface area contributed by atoms with Crippen molar-refractivity contribution in [3.63, 3.8) is 0 Å². The molecule has 0 saturated heterocycles. The van der Waals surface area contributed by atoms with Gasteiger partial charge in [0.05, 0.1) is 0 Å². The molecule has 0 aromatic rings. The summed E-state index contributed by atoms with van der Waals surface area (Å²) >= 11 is 0. The van der Waals surface area contributed by atoms with Gasteiger partial charge in [-0.2, -0.15) is 0 Å². The quantitative estimate of drug-likeness (QED) is 0.253. The van der Waals surface area contributed by atoms with Crippen molar-refractivity contribution < 1.29 is 19.8 Å². The van der Waals surface area contributed by atoms with Crippen molar-refractivity contribution in [2.45, 2.75) is 113 Å². The largest absolute Gasteiger partial charge is 0.396 e. The normalized spacial score (nSPS) is 19.8. The molecule has 37 heavy (non-hydrogen) atoms. The number of Topliss-reactive ketones (excluding diaryl/α,β-unsaturated/α-hetero) is 2. The van der Waals surface area contributed by atoms with Gasteiger partial charge in [0, 0.05) is 24.0 Å². The highest BCUT2D eigenvalue weighted by molar-refractivity contribution is 6.10. The Kier molecular flexibility index (Phi) is 10.5. The van der Waals surface area contributed by atoms with E-state index in [1.54, 1.807) is 0 Å². The Hall–Kier alpha value is -1.78. The van der Waals surface area contributed by atoms with Crippen LogP contribution in [-0.2, 0) is 9.59 Å². The van der Waals surface area contributed by atoms with Crippen LogP contribution in [0.2, 0.25) is 0 Å². The molecule has 2 N–H and O–H groups in total. The van der Waals surface area contributed by atoms with Gasteiger partial charge in [0.15, 0.2) is 11.6 Å². The molecule has 208 valence electrons. The van der Waals surface area contributed by atoms with Crippen molar-refractivity contribution in [1.82, 2.24) is 0 Å². The number of rotatable bonds is 14. The van der Waals surface area contributed by atoms with Crippen molar-refractivity contribution in [2.24, 2.45) is 21.7 Å². The monoisotopic (exact) mass is 512 g/mol. The SMILES string of the molecule is CC1(C)C=C(CCCC2=CC(C)(C)C=C(CCCC(C)(C)CO)C2=O)C(=O)C(CCCC(C)(C)CO)=C1. The number of aliphatic hydroxyl groups excluding tert-OH is 2. The third kappa shape index (κ3) is 9.80. The van der Waals surface area contributed by atoms with Gasteiger partial charge in [0.2, 0.25) is 0 Å². The molecule has 0 spiro atoms. The third-order valence-electron chi connectivity index (χ3n) is 7.70. The standard InChI is InChI=1S/C33H52O4/c1-30(2,22-34)16-10-14-26-20-32(5,6)18-24(28(26)36)12-9-13-25-19-33(7,8)21-27(29(25)37)15-11-17-31(3,4)23-35/h18-21,34-35H,9-17,22-23H2,1-8H3. The summed E-state index contributed by atoms with van der Waals surface area (Å²) in [5.74, 6) is 0.301. The van der Waals surface area contributed by atoms with Crippen LogP contribution in [0, 0.1) is 21.7 Å². The van der Waals surface area contributed by atoms with Crippen LogP contribution in [-0.4, -0.2) is 35.0 Å². The van der Waals surface area contributed by atoms with Gasteiger partial charge in [0.1, 0.15) is 0 Å². The van der Waals surface area contributed by atoms with Gasteiger partial charge in [-0.3, -0.25) is 9.59 Å². The topological polar surface area (TPSA) is 74.6 Å². The molecule has 0 amide bonds. The molecule has 4 nitrogen and oxygen atoms in total. The highest BCUT2D eigenvalue weighted by atomic mass is 16.3.